The number of thioether (sulfide) groups is 1. The van der Waals surface area contributed by atoms with Gasteiger partial charge in [-0.2, -0.15) is 11.8 Å². The molecule has 0 bridgehead atoms. The summed E-state index contributed by atoms with van der Waals surface area (Å²) in [6, 6.07) is 6.01. The van der Waals surface area contributed by atoms with E-state index in [1.54, 1.807) is 7.11 Å². The molecular formula is C11H15BrO2S. The number of aliphatic hydroxyl groups is 1. The number of benzene rings is 1. The highest BCUT2D eigenvalue weighted by Gasteiger charge is 2.03. The maximum Gasteiger partial charge on any atom is 0.122 e. The molecule has 84 valence electrons. The third-order valence-electron chi connectivity index (χ3n) is 1.95. The Labute approximate surface area is 103 Å². The van der Waals surface area contributed by atoms with Crippen LogP contribution in [0.5, 0.6) is 5.75 Å². The van der Waals surface area contributed by atoms with Gasteiger partial charge in [0.15, 0.2) is 0 Å². The fraction of sp³-hybridized carbons (Fsp3) is 0.455. The van der Waals surface area contributed by atoms with E-state index in [9.17, 15) is 0 Å². The first-order chi connectivity index (χ1) is 7.27. The van der Waals surface area contributed by atoms with Crippen molar-refractivity contribution < 1.29 is 9.84 Å². The number of hydrogen-bond donors (Lipinski definition) is 1. The van der Waals surface area contributed by atoms with E-state index < -0.39 is 0 Å². The molecule has 0 aliphatic carbocycles. The first-order valence-corrected chi connectivity index (χ1v) is 6.73. The SMILES string of the molecule is COc1ccc(Br)cc1CSCCCO. The monoisotopic (exact) mass is 290 g/mol. The van der Waals surface area contributed by atoms with Crippen LogP contribution in [0.4, 0.5) is 0 Å². The lowest BCUT2D eigenvalue weighted by molar-refractivity contribution is 0.296. The van der Waals surface area contributed by atoms with Crippen LogP contribution in [0.15, 0.2) is 22.7 Å². The Morgan fingerprint density at radius 1 is 1.47 bits per heavy atom. The van der Waals surface area contributed by atoms with E-state index in [2.05, 4.69) is 22.0 Å². The van der Waals surface area contributed by atoms with Crippen LogP contribution >= 0.6 is 27.7 Å². The van der Waals surface area contributed by atoms with Crippen LogP contribution in [0.2, 0.25) is 0 Å². The zero-order valence-electron chi connectivity index (χ0n) is 8.70. The van der Waals surface area contributed by atoms with Crippen molar-refractivity contribution in [3.05, 3.63) is 28.2 Å². The van der Waals surface area contributed by atoms with Crippen molar-refractivity contribution >= 4 is 27.7 Å². The first kappa shape index (κ1) is 12.9. The molecule has 2 nitrogen and oxygen atoms in total. The van der Waals surface area contributed by atoms with Crippen LogP contribution in [-0.2, 0) is 5.75 Å². The molecule has 0 radical (unpaired) electrons. The van der Waals surface area contributed by atoms with Gasteiger partial charge in [-0.05, 0) is 30.4 Å². The topological polar surface area (TPSA) is 29.5 Å². The molecule has 0 fully saturated rings. The average Bonchev–Trinajstić information content (AvgIpc) is 2.25. The van der Waals surface area contributed by atoms with Gasteiger partial charge < -0.3 is 9.84 Å². The second-order valence-corrected chi connectivity index (χ2v) is 5.11. The van der Waals surface area contributed by atoms with Gasteiger partial charge in [-0.25, -0.2) is 0 Å². The van der Waals surface area contributed by atoms with Crippen LogP contribution in [0, 0.1) is 0 Å². The Bertz CT molecular complexity index is 305. The summed E-state index contributed by atoms with van der Waals surface area (Å²) in [7, 11) is 1.69. The van der Waals surface area contributed by atoms with E-state index in [-0.39, 0.29) is 6.61 Å². The van der Waals surface area contributed by atoms with Crippen molar-refractivity contribution in [3.8, 4) is 5.75 Å². The van der Waals surface area contributed by atoms with E-state index in [1.165, 1.54) is 5.56 Å². The minimum absolute atomic E-state index is 0.266. The lowest BCUT2D eigenvalue weighted by Gasteiger charge is -2.08. The van der Waals surface area contributed by atoms with Gasteiger partial charge in [-0.3, -0.25) is 0 Å². The highest BCUT2D eigenvalue weighted by atomic mass is 79.9. The maximum absolute atomic E-state index is 8.66. The van der Waals surface area contributed by atoms with E-state index in [1.807, 2.05) is 23.9 Å². The van der Waals surface area contributed by atoms with Crippen LogP contribution < -0.4 is 4.74 Å². The molecule has 0 amide bonds. The molecule has 0 saturated heterocycles. The number of halogens is 1. The Balaban J connectivity index is 2.54. The summed E-state index contributed by atoms with van der Waals surface area (Å²) in [6.45, 7) is 0.266. The molecule has 0 aliphatic rings. The number of aliphatic hydroxyl groups excluding tert-OH is 1. The Morgan fingerprint density at radius 2 is 2.27 bits per heavy atom. The molecule has 1 N–H and O–H groups in total. The molecule has 1 aromatic carbocycles. The van der Waals surface area contributed by atoms with Crippen molar-refractivity contribution in [2.75, 3.05) is 19.5 Å². The summed E-state index contributed by atoms with van der Waals surface area (Å²) in [4.78, 5) is 0. The number of ether oxygens (including phenoxy) is 1. The molecule has 1 aromatic rings. The van der Waals surface area contributed by atoms with E-state index >= 15 is 0 Å². The zero-order valence-corrected chi connectivity index (χ0v) is 11.1. The molecule has 0 atom stereocenters. The normalized spacial score (nSPS) is 10.3. The standard InChI is InChI=1S/C11H15BrO2S/c1-14-11-4-3-10(12)7-9(11)8-15-6-2-5-13/h3-4,7,13H,2,5-6,8H2,1H3. The van der Waals surface area contributed by atoms with Crippen LogP contribution in [-0.4, -0.2) is 24.6 Å². The first-order valence-electron chi connectivity index (χ1n) is 4.79. The fourth-order valence-corrected chi connectivity index (χ4v) is 2.54. The molecule has 1 rings (SSSR count). The van der Waals surface area contributed by atoms with Crippen LogP contribution in [0.3, 0.4) is 0 Å². The van der Waals surface area contributed by atoms with Crippen molar-refractivity contribution in [2.45, 2.75) is 12.2 Å². The summed E-state index contributed by atoms with van der Waals surface area (Å²) in [5.41, 5.74) is 1.19. The molecule has 0 aromatic heterocycles. The molecule has 4 heteroatoms. The average molecular weight is 291 g/mol. The maximum atomic E-state index is 8.66. The summed E-state index contributed by atoms with van der Waals surface area (Å²) in [5.74, 6) is 2.82. The van der Waals surface area contributed by atoms with Gasteiger partial charge in [0.1, 0.15) is 5.75 Å². The molecule has 0 aliphatic heterocycles. The van der Waals surface area contributed by atoms with Crippen LogP contribution in [0.1, 0.15) is 12.0 Å². The number of rotatable bonds is 6. The summed E-state index contributed by atoms with van der Waals surface area (Å²) >= 11 is 5.25. The fourth-order valence-electron chi connectivity index (χ4n) is 1.21. The Morgan fingerprint density at radius 3 is 2.93 bits per heavy atom. The predicted octanol–water partition coefficient (Wildman–Crippen LogP) is 3.07. The number of hydrogen-bond acceptors (Lipinski definition) is 3. The quantitative estimate of drug-likeness (QED) is 0.817. The molecule has 0 unspecified atom stereocenters. The summed E-state index contributed by atoms with van der Waals surface area (Å²) in [5, 5.41) is 8.66. The van der Waals surface area contributed by atoms with Gasteiger partial charge in [0.25, 0.3) is 0 Å². The predicted molar refractivity (Wildman–Crippen MR) is 68.6 cm³/mol. The third-order valence-corrected chi connectivity index (χ3v) is 3.53. The van der Waals surface area contributed by atoms with E-state index in [4.69, 9.17) is 9.84 Å². The molecule has 0 saturated carbocycles. The highest BCUT2D eigenvalue weighted by Crippen LogP contribution is 2.26. The lowest BCUT2D eigenvalue weighted by Crippen LogP contribution is -1.92. The third kappa shape index (κ3) is 4.45. The van der Waals surface area contributed by atoms with Crippen LogP contribution in [0.25, 0.3) is 0 Å². The second kappa shape index (κ2) is 7.14. The second-order valence-electron chi connectivity index (χ2n) is 3.09. The molecule has 15 heavy (non-hydrogen) atoms. The van der Waals surface area contributed by atoms with E-state index in [0.717, 1.165) is 28.1 Å². The highest BCUT2D eigenvalue weighted by molar-refractivity contribution is 9.10. The Hall–Kier alpha value is -0.190. The lowest BCUT2D eigenvalue weighted by atomic mass is 10.2. The zero-order chi connectivity index (χ0) is 11.1. The van der Waals surface area contributed by atoms with Gasteiger partial charge in [0.2, 0.25) is 0 Å². The smallest absolute Gasteiger partial charge is 0.122 e. The largest absolute Gasteiger partial charge is 0.496 e. The van der Waals surface area contributed by atoms with Crippen molar-refractivity contribution in [1.29, 1.82) is 0 Å². The van der Waals surface area contributed by atoms with E-state index in [0.29, 0.717) is 0 Å². The van der Waals surface area contributed by atoms with Crippen molar-refractivity contribution in [2.24, 2.45) is 0 Å². The van der Waals surface area contributed by atoms with Gasteiger partial charge in [0, 0.05) is 22.4 Å². The molecule has 0 heterocycles. The van der Waals surface area contributed by atoms with Crippen molar-refractivity contribution in [3.63, 3.8) is 0 Å². The Kier molecular flexibility index (Phi) is 6.13. The van der Waals surface area contributed by atoms with Crippen molar-refractivity contribution in [1.82, 2.24) is 0 Å². The van der Waals surface area contributed by atoms with Gasteiger partial charge in [-0.15, -0.1) is 0 Å². The minimum Gasteiger partial charge on any atom is -0.496 e. The van der Waals surface area contributed by atoms with Gasteiger partial charge in [0.05, 0.1) is 7.11 Å². The molecule has 0 spiro atoms. The van der Waals surface area contributed by atoms with Gasteiger partial charge >= 0.3 is 0 Å². The minimum atomic E-state index is 0.266. The molecular weight excluding hydrogens is 276 g/mol. The summed E-state index contributed by atoms with van der Waals surface area (Å²) < 4.78 is 6.34. The van der Waals surface area contributed by atoms with Gasteiger partial charge in [-0.1, -0.05) is 15.9 Å². The summed E-state index contributed by atoms with van der Waals surface area (Å²) in [6.07, 6.45) is 0.848. The number of methoxy groups -OCH3 is 1.